The molecule has 25 heavy (non-hydrogen) atoms. The normalized spacial score (nSPS) is 21.6. The van der Waals surface area contributed by atoms with E-state index in [2.05, 4.69) is 27.7 Å². The SMILES string of the molecule is CC(C)(CCCOC(C)(C)CC1CCCCC1)CCC1CCCCC1. The number of hydrogen-bond acceptors (Lipinski definition) is 1. The van der Waals surface area contributed by atoms with Crippen LogP contribution >= 0.6 is 0 Å². The summed E-state index contributed by atoms with van der Waals surface area (Å²) in [6.45, 7) is 10.5. The van der Waals surface area contributed by atoms with Gasteiger partial charge in [0.15, 0.2) is 0 Å². The Morgan fingerprint density at radius 1 is 0.720 bits per heavy atom. The molecular weight excluding hydrogens is 304 g/mol. The molecule has 148 valence electrons. The van der Waals surface area contributed by atoms with Gasteiger partial charge in [0.25, 0.3) is 0 Å². The van der Waals surface area contributed by atoms with Gasteiger partial charge < -0.3 is 4.74 Å². The third kappa shape index (κ3) is 8.94. The molecule has 1 nitrogen and oxygen atoms in total. The van der Waals surface area contributed by atoms with Gasteiger partial charge in [-0.3, -0.25) is 0 Å². The van der Waals surface area contributed by atoms with Crippen molar-refractivity contribution < 1.29 is 4.74 Å². The lowest BCUT2D eigenvalue weighted by molar-refractivity contribution is -0.0410. The highest BCUT2D eigenvalue weighted by Gasteiger charge is 2.26. The fraction of sp³-hybridized carbons (Fsp3) is 1.00. The Balaban J connectivity index is 1.58. The van der Waals surface area contributed by atoms with Crippen LogP contribution in [0.5, 0.6) is 0 Å². The van der Waals surface area contributed by atoms with Gasteiger partial charge in [0.1, 0.15) is 0 Å². The van der Waals surface area contributed by atoms with Gasteiger partial charge in [-0.05, 0) is 63.2 Å². The molecule has 0 aromatic rings. The maximum absolute atomic E-state index is 6.32. The Labute approximate surface area is 158 Å². The summed E-state index contributed by atoms with van der Waals surface area (Å²) in [6.07, 6.45) is 21.3. The lowest BCUT2D eigenvalue weighted by Gasteiger charge is -2.33. The van der Waals surface area contributed by atoms with Crippen molar-refractivity contribution in [3.8, 4) is 0 Å². The van der Waals surface area contributed by atoms with Crippen LogP contribution in [0.1, 0.15) is 124 Å². The van der Waals surface area contributed by atoms with Gasteiger partial charge in [-0.15, -0.1) is 0 Å². The first-order chi connectivity index (χ1) is 11.9. The molecule has 0 saturated heterocycles. The van der Waals surface area contributed by atoms with Crippen LogP contribution in [0.2, 0.25) is 0 Å². The number of rotatable bonds is 10. The van der Waals surface area contributed by atoms with Crippen LogP contribution in [0.25, 0.3) is 0 Å². The lowest BCUT2D eigenvalue weighted by Crippen LogP contribution is -2.29. The highest BCUT2D eigenvalue weighted by molar-refractivity contribution is 4.77. The van der Waals surface area contributed by atoms with Gasteiger partial charge >= 0.3 is 0 Å². The molecule has 0 aromatic heterocycles. The fourth-order valence-corrected chi connectivity index (χ4v) is 5.24. The van der Waals surface area contributed by atoms with E-state index < -0.39 is 0 Å². The minimum Gasteiger partial charge on any atom is -0.376 e. The standard InChI is InChI=1S/C24H46O/c1-23(2,18-16-21-12-7-5-8-13-21)17-11-19-25-24(3,4)20-22-14-9-6-10-15-22/h21-22H,5-20H2,1-4H3. The highest BCUT2D eigenvalue weighted by atomic mass is 16.5. The average molecular weight is 351 g/mol. The van der Waals surface area contributed by atoms with Crippen molar-refractivity contribution in [3.63, 3.8) is 0 Å². The minimum atomic E-state index is 0.0776. The Morgan fingerprint density at radius 3 is 1.88 bits per heavy atom. The van der Waals surface area contributed by atoms with Crippen molar-refractivity contribution in [1.29, 1.82) is 0 Å². The number of hydrogen-bond donors (Lipinski definition) is 0. The second-order valence-corrected chi connectivity index (χ2v) is 10.6. The van der Waals surface area contributed by atoms with Crippen LogP contribution < -0.4 is 0 Å². The molecule has 0 spiro atoms. The van der Waals surface area contributed by atoms with Crippen molar-refractivity contribution >= 4 is 0 Å². The first-order valence-corrected chi connectivity index (χ1v) is 11.5. The largest absolute Gasteiger partial charge is 0.376 e. The topological polar surface area (TPSA) is 9.23 Å². The molecule has 1 heteroatoms. The van der Waals surface area contributed by atoms with Crippen LogP contribution in [0.4, 0.5) is 0 Å². The maximum atomic E-state index is 6.32. The predicted molar refractivity (Wildman–Crippen MR) is 110 cm³/mol. The Morgan fingerprint density at radius 2 is 1.28 bits per heavy atom. The smallest absolute Gasteiger partial charge is 0.0629 e. The van der Waals surface area contributed by atoms with Crippen LogP contribution in [-0.2, 0) is 4.74 Å². The predicted octanol–water partition coefficient (Wildman–Crippen LogP) is 7.92. The molecule has 0 atom stereocenters. The molecule has 0 aliphatic heterocycles. The zero-order chi connectivity index (χ0) is 18.2. The first kappa shape index (κ1) is 21.3. The van der Waals surface area contributed by atoms with E-state index in [0.717, 1.165) is 18.4 Å². The monoisotopic (exact) mass is 350 g/mol. The molecule has 2 aliphatic rings. The van der Waals surface area contributed by atoms with E-state index in [0.29, 0.717) is 5.41 Å². The van der Waals surface area contributed by atoms with Gasteiger partial charge in [0.05, 0.1) is 5.60 Å². The second kappa shape index (κ2) is 10.3. The minimum absolute atomic E-state index is 0.0776. The van der Waals surface area contributed by atoms with Gasteiger partial charge in [-0.1, -0.05) is 78.1 Å². The average Bonchev–Trinajstić information content (AvgIpc) is 2.59. The Bertz CT molecular complexity index is 345. The van der Waals surface area contributed by atoms with Crippen molar-refractivity contribution in [2.75, 3.05) is 6.61 Å². The van der Waals surface area contributed by atoms with Crippen LogP contribution in [0, 0.1) is 17.3 Å². The summed E-state index contributed by atoms with van der Waals surface area (Å²) in [5.74, 6) is 1.94. The summed E-state index contributed by atoms with van der Waals surface area (Å²) in [5.41, 5.74) is 0.572. The molecule has 0 N–H and O–H groups in total. The quantitative estimate of drug-likeness (QED) is 0.363. The van der Waals surface area contributed by atoms with Gasteiger partial charge in [-0.25, -0.2) is 0 Å². The van der Waals surface area contributed by atoms with Gasteiger partial charge in [0.2, 0.25) is 0 Å². The maximum Gasteiger partial charge on any atom is 0.0629 e. The van der Waals surface area contributed by atoms with Crippen LogP contribution in [-0.4, -0.2) is 12.2 Å². The summed E-state index contributed by atoms with van der Waals surface area (Å²) < 4.78 is 6.32. The fourth-order valence-electron chi connectivity index (χ4n) is 5.24. The Hall–Kier alpha value is -0.0400. The molecule has 0 amide bonds. The zero-order valence-electron chi connectivity index (χ0n) is 17.9. The van der Waals surface area contributed by atoms with Crippen molar-refractivity contribution in [1.82, 2.24) is 0 Å². The van der Waals surface area contributed by atoms with Crippen molar-refractivity contribution in [2.24, 2.45) is 17.3 Å². The van der Waals surface area contributed by atoms with Crippen molar-refractivity contribution in [3.05, 3.63) is 0 Å². The lowest BCUT2D eigenvalue weighted by atomic mass is 9.77. The third-order valence-electron chi connectivity index (χ3n) is 6.95. The summed E-state index contributed by atoms with van der Waals surface area (Å²) in [5, 5.41) is 0. The molecule has 0 heterocycles. The molecule has 2 rings (SSSR count). The van der Waals surface area contributed by atoms with E-state index in [1.165, 1.54) is 96.3 Å². The van der Waals surface area contributed by atoms with Crippen LogP contribution in [0.15, 0.2) is 0 Å². The molecule has 2 aliphatic carbocycles. The van der Waals surface area contributed by atoms with Crippen LogP contribution in [0.3, 0.4) is 0 Å². The van der Waals surface area contributed by atoms with E-state index >= 15 is 0 Å². The summed E-state index contributed by atoms with van der Waals surface area (Å²) in [6, 6.07) is 0. The summed E-state index contributed by atoms with van der Waals surface area (Å²) in [7, 11) is 0. The molecule has 0 bridgehead atoms. The molecule has 0 aromatic carbocycles. The molecule has 2 saturated carbocycles. The van der Waals surface area contributed by atoms with E-state index in [1.54, 1.807) is 0 Å². The molecule has 0 radical (unpaired) electrons. The van der Waals surface area contributed by atoms with Gasteiger partial charge in [-0.2, -0.15) is 0 Å². The molecule has 0 unspecified atom stereocenters. The summed E-state index contributed by atoms with van der Waals surface area (Å²) in [4.78, 5) is 0. The molecular formula is C24H46O. The summed E-state index contributed by atoms with van der Waals surface area (Å²) >= 11 is 0. The van der Waals surface area contributed by atoms with Crippen molar-refractivity contribution in [2.45, 2.75) is 130 Å². The first-order valence-electron chi connectivity index (χ1n) is 11.5. The molecule has 2 fully saturated rings. The zero-order valence-corrected chi connectivity index (χ0v) is 17.9. The third-order valence-corrected chi connectivity index (χ3v) is 6.95. The van der Waals surface area contributed by atoms with Gasteiger partial charge in [0, 0.05) is 6.61 Å². The van der Waals surface area contributed by atoms with E-state index in [4.69, 9.17) is 4.74 Å². The second-order valence-electron chi connectivity index (χ2n) is 10.6. The van der Waals surface area contributed by atoms with E-state index in [-0.39, 0.29) is 5.60 Å². The number of ether oxygens (including phenoxy) is 1. The highest BCUT2D eigenvalue weighted by Crippen LogP contribution is 2.35. The van der Waals surface area contributed by atoms with E-state index in [1.807, 2.05) is 0 Å². The van der Waals surface area contributed by atoms with E-state index in [9.17, 15) is 0 Å². The Kier molecular flexibility index (Phi) is 8.79.